The predicted molar refractivity (Wildman–Crippen MR) is 91.2 cm³/mol. The van der Waals surface area contributed by atoms with Crippen molar-refractivity contribution in [2.24, 2.45) is 13.0 Å². The lowest BCUT2D eigenvalue weighted by Gasteiger charge is -2.31. The first-order valence-corrected chi connectivity index (χ1v) is 8.58. The molecule has 0 aliphatic carbocycles. The number of carbonyl (C=O) groups is 1. The number of aromatic nitrogens is 2. The summed E-state index contributed by atoms with van der Waals surface area (Å²) in [5.41, 5.74) is 2.06. The quantitative estimate of drug-likeness (QED) is 0.914. The van der Waals surface area contributed by atoms with Gasteiger partial charge >= 0.3 is 0 Å². The number of furan rings is 1. The fraction of sp³-hybridized carbons (Fsp3) is 0.556. The minimum absolute atomic E-state index is 0.00708. The highest BCUT2D eigenvalue weighted by Crippen LogP contribution is 2.22. The van der Waals surface area contributed by atoms with E-state index < -0.39 is 0 Å². The number of nitrogens with one attached hydrogen (secondary N) is 1. The monoisotopic (exact) mass is 330 g/mol. The van der Waals surface area contributed by atoms with Crippen molar-refractivity contribution in [1.82, 2.24) is 20.0 Å². The van der Waals surface area contributed by atoms with Gasteiger partial charge in [-0.1, -0.05) is 0 Å². The molecule has 0 spiro atoms. The average Bonchev–Trinajstić information content (AvgIpc) is 3.17. The number of aryl methyl sites for hydroxylation is 2. The highest BCUT2D eigenvalue weighted by molar-refractivity contribution is 5.79. The van der Waals surface area contributed by atoms with Gasteiger partial charge in [0.25, 0.3) is 0 Å². The number of hydrogen-bond donors (Lipinski definition) is 1. The van der Waals surface area contributed by atoms with Crippen molar-refractivity contribution >= 4 is 5.91 Å². The molecule has 1 atom stereocenters. The molecule has 2 aromatic heterocycles. The topological polar surface area (TPSA) is 63.3 Å². The Kier molecular flexibility index (Phi) is 5.04. The molecule has 1 fully saturated rings. The Morgan fingerprint density at radius 1 is 1.46 bits per heavy atom. The second-order valence-corrected chi connectivity index (χ2v) is 6.70. The van der Waals surface area contributed by atoms with Gasteiger partial charge in [0.2, 0.25) is 5.91 Å². The second kappa shape index (κ2) is 7.21. The van der Waals surface area contributed by atoms with E-state index in [1.165, 1.54) is 0 Å². The van der Waals surface area contributed by atoms with E-state index in [1.807, 2.05) is 39.2 Å². The van der Waals surface area contributed by atoms with E-state index in [-0.39, 0.29) is 17.9 Å². The fourth-order valence-corrected chi connectivity index (χ4v) is 3.43. The van der Waals surface area contributed by atoms with Gasteiger partial charge in [-0.3, -0.25) is 14.4 Å². The second-order valence-electron chi connectivity index (χ2n) is 6.70. The van der Waals surface area contributed by atoms with Gasteiger partial charge in [0.1, 0.15) is 5.76 Å². The Bertz CT molecular complexity index is 669. The first-order valence-electron chi connectivity index (χ1n) is 8.58. The molecule has 1 aliphatic rings. The molecule has 2 aromatic rings. The van der Waals surface area contributed by atoms with E-state index >= 15 is 0 Å². The summed E-state index contributed by atoms with van der Waals surface area (Å²) < 4.78 is 7.19. The van der Waals surface area contributed by atoms with Crippen molar-refractivity contribution in [3.8, 4) is 0 Å². The molecule has 1 amide bonds. The molecule has 1 saturated heterocycles. The van der Waals surface area contributed by atoms with E-state index in [4.69, 9.17) is 4.42 Å². The first kappa shape index (κ1) is 16.8. The molecule has 0 radical (unpaired) electrons. The minimum Gasteiger partial charge on any atom is -0.468 e. The van der Waals surface area contributed by atoms with E-state index in [0.29, 0.717) is 0 Å². The van der Waals surface area contributed by atoms with Gasteiger partial charge in [-0.05, 0) is 51.9 Å². The third-order valence-corrected chi connectivity index (χ3v) is 4.79. The lowest BCUT2D eigenvalue weighted by atomic mass is 9.95. The standard InChI is InChI=1S/C18H26N4O2/c1-13(17-12-21(3)20-14(17)2)19-18(23)15-6-8-22(9-7-15)11-16-5-4-10-24-16/h4-5,10,12-13,15H,6-9,11H2,1-3H3,(H,19,23). The van der Waals surface area contributed by atoms with Crippen molar-refractivity contribution in [1.29, 1.82) is 0 Å². The number of nitrogens with zero attached hydrogens (tertiary/aromatic N) is 3. The van der Waals surface area contributed by atoms with E-state index in [9.17, 15) is 4.79 Å². The van der Waals surface area contributed by atoms with Crippen molar-refractivity contribution < 1.29 is 9.21 Å². The number of piperidine rings is 1. The molecule has 3 rings (SSSR count). The summed E-state index contributed by atoms with van der Waals surface area (Å²) in [5, 5.41) is 7.50. The first-order chi connectivity index (χ1) is 11.5. The predicted octanol–water partition coefficient (Wildman–Crippen LogP) is 2.41. The molecule has 1 N–H and O–H groups in total. The molecule has 0 bridgehead atoms. The third kappa shape index (κ3) is 3.87. The van der Waals surface area contributed by atoms with Gasteiger partial charge in [-0.15, -0.1) is 0 Å². The van der Waals surface area contributed by atoms with Crippen molar-refractivity contribution in [2.45, 2.75) is 39.3 Å². The zero-order valence-corrected chi connectivity index (χ0v) is 14.7. The molecular formula is C18H26N4O2. The molecule has 3 heterocycles. The maximum Gasteiger partial charge on any atom is 0.223 e. The van der Waals surface area contributed by atoms with Crippen LogP contribution in [0.5, 0.6) is 0 Å². The lowest BCUT2D eigenvalue weighted by molar-refractivity contribution is -0.127. The average molecular weight is 330 g/mol. The summed E-state index contributed by atoms with van der Waals surface area (Å²) >= 11 is 0. The number of amides is 1. The Hall–Kier alpha value is -2.08. The fourth-order valence-electron chi connectivity index (χ4n) is 3.43. The Labute approximate surface area is 142 Å². The molecule has 6 heteroatoms. The molecule has 1 aliphatic heterocycles. The van der Waals surface area contributed by atoms with Crippen LogP contribution in [0.1, 0.15) is 42.8 Å². The third-order valence-electron chi connectivity index (χ3n) is 4.79. The summed E-state index contributed by atoms with van der Waals surface area (Å²) in [6.45, 7) is 6.68. The number of carbonyl (C=O) groups excluding carboxylic acids is 1. The van der Waals surface area contributed by atoms with Crippen molar-refractivity contribution in [3.63, 3.8) is 0 Å². The highest BCUT2D eigenvalue weighted by Gasteiger charge is 2.26. The van der Waals surface area contributed by atoms with Crippen molar-refractivity contribution in [2.75, 3.05) is 13.1 Å². The van der Waals surface area contributed by atoms with Gasteiger partial charge in [-0.25, -0.2) is 0 Å². The van der Waals surface area contributed by atoms with Crippen LogP contribution in [-0.2, 0) is 18.4 Å². The molecule has 1 unspecified atom stereocenters. The van der Waals surface area contributed by atoms with Crippen LogP contribution < -0.4 is 5.32 Å². The van der Waals surface area contributed by atoms with Crippen LogP contribution in [0.15, 0.2) is 29.0 Å². The summed E-state index contributed by atoms with van der Waals surface area (Å²) in [6, 6.07) is 3.90. The van der Waals surface area contributed by atoms with Gasteiger partial charge in [0.15, 0.2) is 0 Å². The van der Waals surface area contributed by atoms with E-state index in [1.54, 1.807) is 10.9 Å². The zero-order chi connectivity index (χ0) is 17.1. The summed E-state index contributed by atoms with van der Waals surface area (Å²) in [5.74, 6) is 1.24. The van der Waals surface area contributed by atoms with Crippen LogP contribution in [-0.4, -0.2) is 33.7 Å². The van der Waals surface area contributed by atoms with Gasteiger partial charge in [0, 0.05) is 24.7 Å². The molecule has 0 aromatic carbocycles. The molecule has 24 heavy (non-hydrogen) atoms. The van der Waals surface area contributed by atoms with Crippen LogP contribution in [0, 0.1) is 12.8 Å². The molecule has 6 nitrogen and oxygen atoms in total. The summed E-state index contributed by atoms with van der Waals surface area (Å²) in [7, 11) is 1.90. The molecule has 130 valence electrons. The molecular weight excluding hydrogens is 304 g/mol. The normalized spacial score (nSPS) is 17.8. The Morgan fingerprint density at radius 3 is 2.79 bits per heavy atom. The smallest absolute Gasteiger partial charge is 0.223 e. The summed E-state index contributed by atoms with van der Waals surface area (Å²) in [4.78, 5) is 14.9. The number of hydrogen-bond acceptors (Lipinski definition) is 4. The molecule has 0 saturated carbocycles. The van der Waals surface area contributed by atoms with Crippen LogP contribution in [0.4, 0.5) is 0 Å². The summed E-state index contributed by atoms with van der Waals surface area (Å²) in [6.07, 6.45) is 5.47. The minimum atomic E-state index is -0.00708. The van der Waals surface area contributed by atoms with Gasteiger partial charge < -0.3 is 9.73 Å². The largest absolute Gasteiger partial charge is 0.468 e. The van der Waals surface area contributed by atoms with Gasteiger partial charge in [0.05, 0.1) is 24.5 Å². The Morgan fingerprint density at radius 2 is 2.21 bits per heavy atom. The van der Waals surface area contributed by atoms with Gasteiger partial charge in [-0.2, -0.15) is 5.10 Å². The number of likely N-dealkylation sites (tertiary alicyclic amines) is 1. The van der Waals surface area contributed by atoms with Crippen LogP contribution in [0.3, 0.4) is 0 Å². The maximum absolute atomic E-state index is 12.5. The van der Waals surface area contributed by atoms with Crippen LogP contribution >= 0.6 is 0 Å². The van der Waals surface area contributed by atoms with Crippen LogP contribution in [0.25, 0.3) is 0 Å². The maximum atomic E-state index is 12.5. The Balaban J connectivity index is 1.49. The highest BCUT2D eigenvalue weighted by atomic mass is 16.3. The van der Waals surface area contributed by atoms with Crippen LogP contribution in [0.2, 0.25) is 0 Å². The van der Waals surface area contributed by atoms with Crippen molar-refractivity contribution in [3.05, 3.63) is 41.6 Å². The van der Waals surface area contributed by atoms with E-state index in [0.717, 1.165) is 49.5 Å². The zero-order valence-electron chi connectivity index (χ0n) is 14.7. The van der Waals surface area contributed by atoms with E-state index in [2.05, 4.69) is 15.3 Å². The lowest BCUT2D eigenvalue weighted by Crippen LogP contribution is -2.40. The number of rotatable bonds is 5. The SMILES string of the molecule is Cc1nn(C)cc1C(C)NC(=O)C1CCN(Cc2ccco2)CC1.